The predicted octanol–water partition coefficient (Wildman–Crippen LogP) is 1.17. The molecule has 0 saturated heterocycles. The number of carboxylic acids is 1. The summed E-state index contributed by atoms with van der Waals surface area (Å²) in [7, 11) is 0. The molecule has 0 aliphatic rings. The molecule has 7 heteroatoms. The van der Waals surface area contributed by atoms with E-state index in [-0.39, 0.29) is 0 Å². The van der Waals surface area contributed by atoms with E-state index >= 15 is 0 Å². The van der Waals surface area contributed by atoms with Gasteiger partial charge in [0.25, 0.3) is 0 Å². The van der Waals surface area contributed by atoms with E-state index in [9.17, 15) is 22.8 Å². The Labute approximate surface area is 84.5 Å². The lowest BCUT2D eigenvalue weighted by atomic mass is 9.88. The van der Waals surface area contributed by atoms with Crippen molar-refractivity contribution in [2.75, 3.05) is 6.54 Å². The van der Waals surface area contributed by atoms with E-state index < -0.39 is 36.4 Å². The number of carbonyl (C=O) groups excluding carboxylic acids is 1. The summed E-state index contributed by atoms with van der Waals surface area (Å²) in [5.41, 5.74) is -2.16. The smallest absolute Gasteiger partial charge is 0.394 e. The summed E-state index contributed by atoms with van der Waals surface area (Å²) in [6.45, 7) is 1.09. The fourth-order valence-corrected chi connectivity index (χ4v) is 0.738. The number of alkyl halides is 3. The zero-order valence-electron chi connectivity index (χ0n) is 8.31. The molecule has 0 aliphatic carbocycles. The van der Waals surface area contributed by atoms with E-state index in [1.165, 1.54) is 0 Å². The van der Waals surface area contributed by atoms with Crippen LogP contribution in [0.2, 0.25) is 0 Å². The van der Waals surface area contributed by atoms with Gasteiger partial charge in [-0.1, -0.05) is 13.8 Å². The van der Waals surface area contributed by atoms with Crippen LogP contribution in [0.3, 0.4) is 0 Å². The van der Waals surface area contributed by atoms with Gasteiger partial charge in [0, 0.05) is 6.42 Å². The fourth-order valence-electron chi connectivity index (χ4n) is 0.738. The zero-order valence-corrected chi connectivity index (χ0v) is 8.31. The average Bonchev–Trinajstić information content (AvgIpc) is 1.97. The number of hydrogen-bond donors (Lipinski definition) is 2. The monoisotopic (exact) mass is 227 g/mol. The molecule has 0 aromatic carbocycles. The molecule has 88 valence electrons. The van der Waals surface area contributed by atoms with Crippen LogP contribution in [-0.2, 0) is 9.59 Å². The maximum Gasteiger partial charge on any atom is 0.394 e. The van der Waals surface area contributed by atoms with Crippen molar-refractivity contribution in [1.82, 2.24) is 5.32 Å². The van der Waals surface area contributed by atoms with Crippen molar-refractivity contribution >= 4 is 11.9 Å². The molecule has 0 bridgehead atoms. The van der Waals surface area contributed by atoms with Crippen molar-refractivity contribution in [2.45, 2.75) is 26.4 Å². The molecular weight excluding hydrogens is 215 g/mol. The van der Waals surface area contributed by atoms with Gasteiger partial charge in [-0.3, -0.25) is 9.59 Å². The van der Waals surface area contributed by atoms with Gasteiger partial charge < -0.3 is 10.4 Å². The minimum Gasteiger partial charge on any atom is -0.480 e. The lowest BCUT2D eigenvalue weighted by Crippen LogP contribution is -2.39. The fraction of sp³-hybridized carbons (Fsp3) is 0.750. The predicted molar refractivity (Wildman–Crippen MR) is 45.1 cm³/mol. The number of rotatable bonds is 4. The van der Waals surface area contributed by atoms with Crippen LogP contribution in [0.15, 0.2) is 0 Å². The quantitative estimate of drug-likeness (QED) is 0.757. The number of aliphatic carboxylic acids is 1. The molecule has 0 heterocycles. The Balaban J connectivity index is 4.23. The van der Waals surface area contributed by atoms with E-state index in [0.717, 1.165) is 13.8 Å². The lowest BCUT2D eigenvalue weighted by Gasteiger charge is -2.26. The van der Waals surface area contributed by atoms with Crippen molar-refractivity contribution in [3.63, 3.8) is 0 Å². The summed E-state index contributed by atoms with van der Waals surface area (Å²) < 4.78 is 36.9. The van der Waals surface area contributed by atoms with Crippen molar-refractivity contribution in [2.24, 2.45) is 5.41 Å². The van der Waals surface area contributed by atoms with Gasteiger partial charge in [-0.05, 0) is 0 Å². The molecule has 0 spiro atoms. The highest BCUT2D eigenvalue weighted by atomic mass is 19.4. The van der Waals surface area contributed by atoms with Gasteiger partial charge in [-0.25, -0.2) is 0 Å². The number of carboxylic acid groups (broad SMARTS) is 1. The van der Waals surface area contributed by atoms with Gasteiger partial charge in [-0.2, -0.15) is 13.2 Å². The third-order valence-corrected chi connectivity index (χ3v) is 1.81. The van der Waals surface area contributed by atoms with Gasteiger partial charge in [0.1, 0.15) is 6.54 Å². The molecule has 1 amide bonds. The Bertz CT molecular complexity index is 260. The SMILES string of the molecule is CC(C)(CC(=O)NCC(=O)O)C(F)(F)F. The van der Waals surface area contributed by atoms with Crippen LogP contribution in [0.5, 0.6) is 0 Å². The van der Waals surface area contributed by atoms with Crippen molar-refractivity contribution in [1.29, 1.82) is 0 Å². The number of amides is 1. The van der Waals surface area contributed by atoms with Gasteiger partial charge in [0.2, 0.25) is 5.91 Å². The highest BCUT2D eigenvalue weighted by molar-refractivity contribution is 5.81. The topological polar surface area (TPSA) is 66.4 Å². The van der Waals surface area contributed by atoms with E-state index in [0.29, 0.717) is 0 Å². The first-order chi connectivity index (χ1) is 6.56. The van der Waals surface area contributed by atoms with Gasteiger partial charge in [0.05, 0.1) is 5.41 Å². The molecular formula is C8H12F3NO3. The van der Waals surface area contributed by atoms with Crippen molar-refractivity contribution < 1.29 is 27.9 Å². The maximum atomic E-state index is 12.3. The minimum absolute atomic E-state index is 0.674. The summed E-state index contributed by atoms with van der Waals surface area (Å²) in [6, 6.07) is 0. The number of halogens is 3. The molecule has 0 aromatic heterocycles. The molecule has 0 aliphatic heterocycles. The Kier molecular flexibility index (Phi) is 4.12. The Morgan fingerprint density at radius 1 is 1.27 bits per heavy atom. The zero-order chi connectivity index (χ0) is 12.3. The highest BCUT2D eigenvalue weighted by Gasteiger charge is 2.48. The molecule has 15 heavy (non-hydrogen) atoms. The second-order valence-corrected chi connectivity index (χ2v) is 3.73. The van der Waals surface area contributed by atoms with Gasteiger partial charge in [0.15, 0.2) is 0 Å². The first kappa shape index (κ1) is 13.7. The van der Waals surface area contributed by atoms with Gasteiger partial charge in [-0.15, -0.1) is 0 Å². The molecule has 2 N–H and O–H groups in total. The van der Waals surface area contributed by atoms with E-state index in [1.807, 2.05) is 5.32 Å². The van der Waals surface area contributed by atoms with Crippen LogP contribution >= 0.6 is 0 Å². The molecule has 4 nitrogen and oxygen atoms in total. The summed E-state index contributed by atoms with van der Waals surface area (Å²) >= 11 is 0. The second kappa shape index (κ2) is 4.50. The Morgan fingerprint density at radius 3 is 2.07 bits per heavy atom. The number of hydrogen-bond acceptors (Lipinski definition) is 2. The van der Waals surface area contributed by atoms with E-state index in [4.69, 9.17) is 5.11 Å². The normalized spacial score (nSPS) is 12.3. The summed E-state index contributed by atoms with van der Waals surface area (Å²) in [5, 5.41) is 10.1. The summed E-state index contributed by atoms with van der Waals surface area (Å²) in [5.74, 6) is -2.23. The minimum atomic E-state index is -4.49. The number of nitrogens with one attached hydrogen (secondary N) is 1. The highest BCUT2D eigenvalue weighted by Crippen LogP contribution is 2.39. The molecule has 0 radical (unpaired) electrons. The molecule has 0 saturated carbocycles. The maximum absolute atomic E-state index is 12.3. The average molecular weight is 227 g/mol. The second-order valence-electron chi connectivity index (χ2n) is 3.73. The van der Waals surface area contributed by atoms with Crippen LogP contribution < -0.4 is 5.32 Å². The van der Waals surface area contributed by atoms with Gasteiger partial charge >= 0.3 is 12.1 Å². The third-order valence-electron chi connectivity index (χ3n) is 1.81. The lowest BCUT2D eigenvalue weighted by molar-refractivity contribution is -0.213. The first-order valence-electron chi connectivity index (χ1n) is 4.11. The third kappa shape index (κ3) is 4.66. The summed E-state index contributed by atoms with van der Waals surface area (Å²) in [4.78, 5) is 21.0. The summed E-state index contributed by atoms with van der Waals surface area (Å²) in [6.07, 6.45) is -5.28. The van der Waals surface area contributed by atoms with Crippen LogP contribution in [0.1, 0.15) is 20.3 Å². The Hall–Kier alpha value is -1.27. The van der Waals surface area contributed by atoms with E-state index in [1.54, 1.807) is 0 Å². The van der Waals surface area contributed by atoms with Crippen LogP contribution in [0.4, 0.5) is 13.2 Å². The largest absolute Gasteiger partial charge is 0.480 e. The molecule has 0 atom stereocenters. The van der Waals surface area contributed by atoms with Crippen LogP contribution in [0, 0.1) is 5.41 Å². The van der Waals surface area contributed by atoms with Crippen molar-refractivity contribution in [3.05, 3.63) is 0 Å². The molecule has 0 fully saturated rings. The standard InChI is InChI=1S/C8H12F3NO3/c1-7(2,8(9,10)11)3-5(13)12-4-6(14)15/h3-4H2,1-2H3,(H,12,13)(H,14,15). The van der Waals surface area contributed by atoms with E-state index in [2.05, 4.69) is 0 Å². The number of carbonyl (C=O) groups is 2. The van der Waals surface area contributed by atoms with Crippen LogP contribution in [0.25, 0.3) is 0 Å². The first-order valence-corrected chi connectivity index (χ1v) is 4.11. The molecule has 0 unspecified atom stereocenters. The molecule has 0 aromatic rings. The van der Waals surface area contributed by atoms with Crippen LogP contribution in [-0.4, -0.2) is 29.7 Å². The van der Waals surface area contributed by atoms with Crippen molar-refractivity contribution in [3.8, 4) is 0 Å². The molecule has 0 rings (SSSR count). The Morgan fingerprint density at radius 2 is 1.73 bits per heavy atom.